The molecule has 3 aromatic heterocycles. The molecule has 9 heteroatoms. The van der Waals surface area contributed by atoms with Crippen LogP contribution in [0.25, 0.3) is 11.0 Å². The molecule has 0 aliphatic carbocycles. The molecule has 0 unspecified atom stereocenters. The summed E-state index contributed by atoms with van der Waals surface area (Å²) in [7, 11) is 3.48. The number of fused-ring (bicyclic) bond motifs is 1. The Hall–Kier alpha value is -2.71. The van der Waals surface area contributed by atoms with Crippen molar-refractivity contribution < 1.29 is 4.74 Å². The van der Waals surface area contributed by atoms with Crippen molar-refractivity contribution in [1.82, 2.24) is 34.9 Å². The van der Waals surface area contributed by atoms with E-state index in [1.165, 1.54) is 0 Å². The van der Waals surface area contributed by atoms with Crippen molar-refractivity contribution in [3.8, 4) is 11.9 Å². The molecule has 3 rings (SSSR count). The zero-order valence-corrected chi connectivity index (χ0v) is 9.75. The second-order valence-electron chi connectivity index (χ2n) is 3.54. The van der Waals surface area contributed by atoms with Gasteiger partial charge in [0.05, 0.1) is 6.20 Å². The molecule has 3 aromatic rings. The fourth-order valence-corrected chi connectivity index (χ4v) is 1.45. The number of nitrogens with zero attached hydrogens (tertiary/aromatic N) is 6. The number of aromatic amines is 1. The smallest absolute Gasteiger partial charge is 0.342 e. The summed E-state index contributed by atoms with van der Waals surface area (Å²) in [4.78, 5) is 12.4. The second kappa shape index (κ2) is 3.95. The molecule has 0 radical (unpaired) electrons. The Bertz CT molecular complexity index is 687. The van der Waals surface area contributed by atoms with E-state index in [1.807, 2.05) is 0 Å². The topological polar surface area (TPSA) is 106 Å². The molecule has 0 aliphatic heterocycles. The van der Waals surface area contributed by atoms with Crippen molar-refractivity contribution in [2.45, 2.75) is 0 Å². The Labute approximate surface area is 101 Å². The molecule has 0 atom stereocenters. The van der Waals surface area contributed by atoms with E-state index in [2.05, 4.69) is 35.6 Å². The summed E-state index contributed by atoms with van der Waals surface area (Å²) in [5.41, 5.74) is 0.584. The van der Waals surface area contributed by atoms with Gasteiger partial charge in [-0.2, -0.15) is 20.1 Å². The minimum Gasteiger partial charge on any atom is -0.403 e. The number of nitrogens with one attached hydrogen (secondary N) is 2. The number of hydrogen-bond donors (Lipinski definition) is 2. The van der Waals surface area contributed by atoms with Crippen LogP contribution in [-0.4, -0.2) is 42.0 Å². The van der Waals surface area contributed by atoms with Gasteiger partial charge in [-0.15, -0.1) is 5.10 Å². The van der Waals surface area contributed by atoms with Crippen molar-refractivity contribution in [2.75, 3.05) is 12.4 Å². The molecule has 3 heterocycles. The molecule has 0 spiro atoms. The van der Waals surface area contributed by atoms with Crippen LogP contribution in [-0.2, 0) is 7.05 Å². The molecule has 0 aliphatic rings. The first kappa shape index (κ1) is 10.4. The third-order valence-electron chi connectivity index (χ3n) is 2.26. The van der Waals surface area contributed by atoms with Gasteiger partial charge in [0.1, 0.15) is 11.7 Å². The molecule has 0 saturated carbocycles. The van der Waals surface area contributed by atoms with E-state index in [0.717, 1.165) is 0 Å². The Morgan fingerprint density at radius 2 is 2.28 bits per heavy atom. The molecular formula is C9H10N8O. The monoisotopic (exact) mass is 246 g/mol. The standard InChI is InChI=1S/C9H10N8O/c1-10-8-13-6-5(3-12-15-6)7(14-8)18-9-11-4-17(2)16-9/h3-4H,1-2H3,(H2,10,12,13,14,15). The highest BCUT2D eigenvalue weighted by molar-refractivity contribution is 5.80. The predicted molar refractivity (Wildman–Crippen MR) is 62.3 cm³/mol. The first-order chi connectivity index (χ1) is 8.76. The Balaban J connectivity index is 2.06. The Morgan fingerprint density at radius 3 is 3.00 bits per heavy atom. The van der Waals surface area contributed by atoms with E-state index in [9.17, 15) is 0 Å². The lowest BCUT2D eigenvalue weighted by Gasteiger charge is -2.03. The molecule has 0 saturated heterocycles. The number of H-pyrrole nitrogens is 1. The minimum absolute atomic E-state index is 0.223. The van der Waals surface area contributed by atoms with Crippen LogP contribution in [0, 0.1) is 0 Å². The fraction of sp³-hybridized carbons (Fsp3) is 0.222. The average molecular weight is 246 g/mol. The van der Waals surface area contributed by atoms with Crippen LogP contribution in [0.2, 0.25) is 0 Å². The van der Waals surface area contributed by atoms with Crippen molar-refractivity contribution in [3.63, 3.8) is 0 Å². The van der Waals surface area contributed by atoms with Crippen LogP contribution in [0.4, 0.5) is 5.95 Å². The molecule has 18 heavy (non-hydrogen) atoms. The van der Waals surface area contributed by atoms with E-state index in [4.69, 9.17) is 4.74 Å². The number of hydrogen-bond acceptors (Lipinski definition) is 7. The highest BCUT2D eigenvalue weighted by Crippen LogP contribution is 2.25. The van der Waals surface area contributed by atoms with Gasteiger partial charge in [-0.1, -0.05) is 0 Å². The van der Waals surface area contributed by atoms with Crippen LogP contribution in [0.15, 0.2) is 12.5 Å². The Kier molecular flexibility index (Phi) is 2.29. The van der Waals surface area contributed by atoms with E-state index in [1.54, 1.807) is 31.3 Å². The molecule has 9 nitrogen and oxygen atoms in total. The average Bonchev–Trinajstić information content (AvgIpc) is 2.98. The third kappa shape index (κ3) is 1.71. The minimum atomic E-state index is 0.223. The molecule has 0 aromatic carbocycles. The molecular weight excluding hydrogens is 236 g/mol. The molecule has 2 N–H and O–H groups in total. The van der Waals surface area contributed by atoms with Gasteiger partial charge in [0, 0.05) is 14.1 Å². The summed E-state index contributed by atoms with van der Waals surface area (Å²) in [5, 5.41) is 14.2. The lowest BCUT2D eigenvalue weighted by molar-refractivity contribution is 0.428. The highest BCUT2D eigenvalue weighted by atomic mass is 16.5. The largest absolute Gasteiger partial charge is 0.403 e. The van der Waals surface area contributed by atoms with E-state index < -0.39 is 0 Å². The van der Waals surface area contributed by atoms with Crippen LogP contribution >= 0.6 is 0 Å². The number of aromatic nitrogens is 7. The van der Waals surface area contributed by atoms with E-state index in [-0.39, 0.29) is 6.01 Å². The maximum Gasteiger partial charge on any atom is 0.342 e. The fourth-order valence-electron chi connectivity index (χ4n) is 1.45. The van der Waals surface area contributed by atoms with Crippen LogP contribution in [0.5, 0.6) is 11.9 Å². The summed E-state index contributed by atoms with van der Waals surface area (Å²) >= 11 is 0. The van der Waals surface area contributed by atoms with Crippen molar-refractivity contribution in [2.24, 2.45) is 7.05 Å². The zero-order valence-electron chi connectivity index (χ0n) is 9.75. The van der Waals surface area contributed by atoms with Gasteiger partial charge in [0.2, 0.25) is 11.8 Å². The lowest BCUT2D eigenvalue weighted by Crippen LogP contribution is -1.99. The molecule has 92 valence electrons. The number of rotatable bonds is 3. The summed E-state index contributed by atoms with van der Waals surface area (Å²) in [6.45, 7) is 0. The van der Waals surface area contributed by atoms with Gasteiger partial charge >= 0.3 is 6.01 Å². The number of anilines is 1. The van der Waals surface area contributed by atoms with Crippen LogP contribution < -0.4 is 10.1 Å². The van der Waals surface area contributed by atoms with Crippen LogP contribution in [0.1, 0.15) is 0 Å². The summed E-state index contributed by atoms with van der Waals surface area (Å²) in [6.07, 6.45) is 3.13. The first-order valence-electron chi connectivity index (χ1n) is 5.18. The summed E-state index contributed by atoms with van der Waals surface area (Å²) in [5.74, 6) is 0.780. The highest BCUT2D eigenvalue weighted by Gasteiger charge is 2.12. The van der Waals surface area contributed by atoms with Crippen LogP contribution in [0.3, 0.4) is 0 Å². The van der Waals surface area contributed by atoms with Crippen molar-refractivity contribution >= 4 is 17.0 Å². The Morgan fingerprint density at radius 1 is 1.39 bits per heavy atom. The van der Waals surface area contributed by atoms with Gasteiger partial charge in [0.15, 0.2) is 5.65 Å². The maximum absolute atomic E-state index is 5.52. The SMILES string of the molecule is CNc1nc(Oc2ncn(C)n2)c2cn[nH]c2n1. The molecule has 0 amide bonds. The van der Waals surface area contributed by atoms with Gasteiger partial charge in [0.25, 0.3) is 0 Å². The third-order valence-corrected chi connectivity index (χ3v) is 2.26. The quantitative estimate of drug-likeness (QED) is 0.685. The van der Waals surface area contributed by atoms with Crippen molar-refractivity contribution in [1.29, 1.82) is 0 Å². The van der Waals surface area contributed by atoms with Gasteiger partial charge < -0.3 is 10.1 Å². The predicted octanol–water partition coefficient (Wildman–Crippen LogP) is 0.315. The molecule has 0 bridgehead atoms. The normalized spacial score (nSPS) is 10.8. The molecule has 0 fully saturated rings. The summed E-state index contributed by atoms with van der Waals surface area (Å²) in [6, 6.07) is 0.223. The first-order valence-corrected chi connectivity index (χ1v) is 5.18. The van der Waals surface area contributed by atoms with Crippen molar-refractivity contribution in [3.05, 3.63) is 12.5 Å². The zero-order chi connectivity index (χ0) is 12.5. The second-order valence-corrected chi connectivity index (χ2v) is 3.54. The maximum atomic E-state index is 5.52. The summed E-state index contributed by atoms with van der Waals surface area (Å²) < 4.78 is 7.06. The van der Waals surface area contributed by atoms with E-state index in [0.29, 0.717) is 22.9 Å². The van der Waals surface area contributed by atoms with Gasteiger partial charge in [-0.05, 0) is 0 Å². The van der Waals surface area contributed by atoms with E-state index >= 15 is 0 Å². The number of ether oxygens (including phenoxy) is 1. The van der Waals surface area contributed by atoms with Gasteiger partial charge in [-0.3, -0.25) is 9.78 Å². The number of aryl methyl sites for hydroxylation is 1. The lowest BCUT2D eigenvalue weighted by atomic mass is 10.4. The van der Waals surface area contributed by atoms with Gasteiger partial charge in [-0.25, -0.2) is 0 Å².